The van der Waals surface area contributed by atoms with Crippen molar-refractivity contribution in [1.82, 2.24) is 10.9 Å². The van der Waals surface area contributed by atoms with Crippen molar-refractivity contribution in [2.24, 2.45) is 0 Å². The molecule has 0 bridgehead atoms. The number of hydrazine groups is 1. The summed E-state index contributed by atoms with van der Waals surface area (Å²) in [6.07, 6.45) is 2.97. The van der Waals surface area contributed by atoms with Crippen molar-refractivity contribution in [2.75, 3.05) is 0 Å². The minimum Gasteiger partial charge on any atom is -0.268 e. The first-order valence-electron chi connectivity index (χ1n) is 6.66. The van der Waals surface area contributed by atoms with Crippen molar-refractivity contribution in [3.63, 3.8) is 0 Å². The molecule has 2 amide bonds. The highest BCUT2D eigenvalue weighted by Gasteiger charge is 2.07. The molecule has 112 valence electrons. The van der Waals surface area contributed by atoms with E-state index < -0.39 is 5.91 Å². The van der Waals surface area contributed by atoms with Gasteiger partial charge in [-0.15, -0.1) is 0 Å². The summed E-state index contributed by atoms with van der Waals surface area (Å²) >= 11 is 5.78. The predicted octanol–water partition coefficient (Wildman–Crippen LogP) is 3.12. The fourth-order valence-electron chi connectivity index (χ4n) is 1.80. The molecule has 2 aromatic rings. The Hall–Kier alpha value is -2.59. The van der Waals surface area contributed by atoms with E-state index in [1.807, 2.05) is 19.1 Å². The van der Waals surface area contributed by atoms with E-state index in [4.69, 9.17) is 11.6 Å². The fraction of sp³-hybridized carbons (Fsp3) is 0.0588. The predicted molar refractivity (Wildman–Crippen MR) is 87.3 cm³/mol. The van der Waals surface area contributed by atoms with E-state index in [0.29, 0.717) is 10.6 Å². The van der Waals surface area contributed by atoms with Gasteiger partial charge in [0.2, 0.25) is 0 Å². The lowest BCUT2D eigenvalue weighted by atomic mass is 10.1. The van der Waals surface area contributed by atoms with Crippen LogP contribution in [-0.4, -0.2) is 11.8 Å². The molecule has 0 heterocycles. The number of amides is 2. The Morgan fingerprint density at radius 2 is 1.68 bits per heavy atom. The topological polar surface area (TPSA) is 58.2 Å². The van der Waals surface area contributed by atoms with Crippen LogP contribution in [0.4, 0.5) is 0 Å². The molecule has 22 heavy (non-hydrogen) atoms. The first-order chi connectivity index (χ1) is 10.6. The zero-order valence-corrected chi connectivity index (χ0v) is 12.7. The van der Waals surface area contributed by atoms with Crippen LogP contribution in [-0.2, 0) is 4.79 Å². The number of rotatable bonds is 3. The molecule has 2 rings (SSSR count). The van der Waals surface area contributed by atoms with E-state index in [1.165, 1.54) is 6.08 Å². The maximum Gasteiger partial charge on any atom is 0.269 e. The minimum atomic E-state index is -0.420. The average Bonchev–Trinajstić information content (AvgIpc) is 2.52. The Kier molecular flexibility index (Phi) is 5.33. The molecule has 0 saturated heterocycles. The quantitative estimate of drug-likeness (QED) is 0.675. The van der Waals surface area contributed by atoms with Gasteiger partial charge in [-0.2, -0.15) is 0 Å². The Labute approximate surface area is 133 Å². The third-order valence-corrected chi connectivity index (χ3v) is 3.24. The minimum absolute atomic E-state index is 0.355. The van der Waals surface area contributed by atoms with Gasteiger partial charge in [0, 0.05) is 16.7 Å². The molecule has 5 heteroatoms. The second kappa shape index (κ2) is 7.43. The summed E-state index contributed by atoms with van der Waals surface area (Å²) in [5.41, 5.74) is 6.91. The van der Waals surface area contributed by atoms with Gasteiger partial charge in [0.25, 0.3) is 11.8 Å². The monoisotopic (exact) mass is 314 g/mol. The zero-order valence-electron chi connectivity index (χ0n) is 12.0. The van der Waals surface area contributed by atoms with E-state index in [9.17, 15) is 9.59 Å². The lowest BCUT2D eigenvalue weighted by Gasteiger charge is -2.07. The van der Waals surface area contributed by atoms with Crippen LogP contribution in [0, 0.1) is 6.92 Å². The number of carbonyl (C=O) groups excluding carboxylic acids is 2. The van der Waals surface area contributed by atoms with Crippen LogP contribution in [0.15, 0.2) is 54.6 Å². The summed E-state index contributed by atoms with van der Waals surface area (Å²) in [4.78, 5) is 23.6. The maximum atomic E-state index is 11.9. The molecule has 0 spiro atoms. The highest BCUT2D eigenvalue weighted by molar-refractivity contribution is 6.30. The Balaban J connectivity index is 1.89. The molecule has 4 nitrogen and oxygen atoms in total. The van der Waals surface area contributed by atoms with Crippen LogP contribution >= 0.6 is 11.6 Å². The molecular formula is C17H15ClN2O2. The number of hydrogen-bond donors (Lipinski definition) is 2. The van der Waals surface area contributed by atoms with E-state index in [0.717, 1.165) is 11.1 Å². The molecule has 0 saturated carbocycles. The largest absolute Gasteiger partial charge is 0.269 e. The Morgan fingerprint density at radius 1 is 1.00 bits per heavy atom. The molecule has 0 unspecified atom stereocenters. The van der Waals surface area contributed by atoms with E-state index >= 15 is 0 Å². The van der Waals surface area contributed by atoms with Crippen LogP contribution < -0.4 is 10.9 Å². The van der Waals surface area contributed by atoms with Gasteiger partial charge < -0.3 is 0 Å². The van der Waals surface area contributed by atoms with Gasteiger partial charge >= 0.3 is 0 Å². The molecule has 0 aliphatic heterocycles. The summed E-state index contributed by atoms with van der Waals surface area (Å²) in [5, 5.41) is 0.632. The molecule has 0 fully saturated rings. The summed E-state index contributed by atoms with van der Waals surface area (Å²) in [5.74, 6) is -0.775. The van der Waals surface area contributed by atoms with Crippen molar-refractivity contribution >= 4 is 29.5 Å². The van der Waals surface area contributed by atoms with Crippen LogP contribution in [0.2, 0.25) is 5.02 Å². The van der Waals surface area contributed by atoms with Gasteiger partial charge in [0.15, 0.2) is 0 Å². The van der Waals surface area contributed by atoms with Gasteiger partial charge in [-0.3, -0.25) is 20.4 Å². The van der Waals surface area contributed by atoms with Crippen molar-refractivity contribution < 1.29 is 9.59 Å². The second-order valence-corrected chi connectivity index (χ2v) is 5.08. The van der Waals surface area contributed by atoms with Gasteiger partial charge in [-0.25, -0.2) is 0 Å². The Morgan fingerprint density at radius 3 is 2.36 bits per heavy atom. The van der Waals surface area contributed by atoms with Crippen LogP contribution in [0.1, 0.15) is 21.5 Å². The number of benzene rings is 2. The van der Waals surface area contributed by atoms with Crippen LogP contribution in [0.25, 0.3) is 6.08 Å². The third-order valence-electron chi connectivity index (χ3n) is 2.99. The number of aryl methyl sites for hydroxylation is 1. The van der Waals surface area contributed by atoms with E-state index in [2.05, 4.69) is 10.9 Å². The summed E-state index contributed by atoms with van der Waals surface area (Å²) in [6.45, 7) is 1.83. The van der Waals surface area contributed by atoms with Crippen LogP contribution in [0.5, 0.6) is 0 Å². The van der Waals surface area contributed by atoms with Crippen molar-refractivity contribution in [3.05, 3.63) is 76.3 Å². The number of halogens is 1. The summed E-state index contributed by atoms with van der Waals surface area (Å²) < 4.78 is 0. The highest BCUT2D eigenvalue weighted by Crippen LogP contribution is 2.10. The summed E-state index contributed by atoms with van der Waals surface area (Å²) in [6, 6.07) is 14.2. The first-order valence-corrected chi connectivity index (χ1v) is 7.03. The first kappa shape index (κ1) is 15.8. The zero-order chi connectivity index (χ0) is 15.9. The molecule has 0 aliphatic carbocycles. The second-order valence-electron chi connectivity index (χ2n) is 4.64. The smallest absolute Gasteiger partial charge is 0.268 e. The molecule has 0 radical (unpaired) electrons. The van der Waals surface area contributed by atoms with Crippen molar-refractivity contribution in [3.8, 4) is 0 Å². The van der Waals surface area contributed by atoms with Gasteiger partial charge in [0.05, 0.1) is 0 Å². The third kappa shape index (κ3) is 4.46. The molecule has 0 aromatic heterocycles. The molecule has 2 aromatic carbocycles. The maximum absolute atomic E-state index is 11.9. The molecule has 0 atom stereocenters. The average molecular weight is 315 g/mol. The number of hydrogen-bond acceptors (Lipinski definition) is 2. The van der Waals surface area contributed by atoms with Gasteiger partial charge in [-0.05, 0) is 42.3 Å². The molecule has 0 aliphatic rings. The number of nitrogens with one attached hydrogen (secondary N) is 2. The normalized spacial score (nSPS) is 10.5. The number of carbonyl (C=O) groups is 2. The SMILES string of the molecule is Cc1ccccc1C(=O)NNC(=O)C=Cc1ccc(Cl)cc1. The summed E-state index contributed by atoms with van der Waals surface area (Å²) in [7, 11) is 0. The fourth-order valence-corrected chi connectivity index (χ4v) is 1.93. The van der Waals surface area contributed by atoms with Gasteiger partial charge in [-0.1, -0.05) is 41.9 Å². The standard InChI is InChI=1S/C17H15ClN2O2/c1-12-4-2-3-5-15(12)17(22)20-19-16(21)11-8-13-6-9-14(18)10-7-13/h2-11H,1H3,(H,19,21)(H,20,22). The highest BCUT2D eigenvalue weighted by atomic mass is 35.5. The van der Waals surface area contributed by atoms with Crippen LogP contribution in [0.3, 0.4) is 0 Å². The Bertz CT molecular complexity index is 709. The van der Waals surface area contributed by atoms with E-state index in [1.54, 1.807) is 42.5 Å². The molecule has 2 N–H and O–H groups in total. The van der Waals surface area contributed by atoms with Crippen molar-refractivity contribution in [2.45, 2.75) is 6.92 Å². The van der Waals surface area contributed by atoms with E-state index in [-0.39, 0.29) is 5.91 Å². The lowest BCUT2D eigenvalue weighted by molar-refractivity contribution is -0.117. The molecular weight excluding hydrogens is 300 g/mol. The lowest BCUT2D eigenvalue weighted by Crippen LogP contribution is -2.41. The van der Waals surface area contributed by atoms with Crippen molar-refractivity contribution in [1.29, 1.82) is 0 Å². The van der Waals surface area contributed by atoms with Gasteiger partial charge in [0.1, 0.15) is 0 Å².